The van der Waals surface area contributed by atoms with E-state index in [9.17, 15) is 0 Å². The van der Waals surface area contributed by atoms with Crippen molar-refractivity contribution in [1.29, 1.82) is 0 Å². The number of aliphatic hydroxyl groups excluding tert-OH is 1. The van der Waals surface area contributed by atoms with Gasteiger partial charge in [-0.15, -0.1) is 0 Å². The second kappa shape index (κ2) is 5.62. The minimum Gasteiger partial charge on any atom is -0.392 e. The molecule has 0 atom stereocenters. The second-order valence-corrected chi connectivity index (χ2v) is 3.21. The van der Waals surface area contributed by atoms with Gasteiger partial charge in [-0.05, 0) is 6.08 Å². The molecular weight excluding hydrogens is 176 g/mol. The first-order valence-electron chi connectivity index (χ1n) is 4.88. The molecule has 0 radical (unpaired) electrons. The molecule has 0 aliphatic carbocycles. The van der Waals surface area contributed by atoms with Crippen molar-refractivity contribution in [3.05, 3.63) is 36.6 Å². The summed E-state index contributed by atoms with van der Waals surface area (Å²) >= 11 is 0. The second-order valence-electron chi connectivity index (χ2n) is 3.21. The van der Waals surface area contributed by atoms with Gasteiger partial charge < -0.3 is 15.3 Å². The molecule has 1 aliphatic heterocycles. The number of aliphatic hydroxyl groups is 1. The van der Waals surface area contributed by atoms with Crippen LogP contribution < -0.4 is 5.32 Å². The molecule has 0 aromatic carbocycles. The summed E-state index contributed by atoms with van der Waals surface area (Å²) in [6.07, 6.45) is 3.48. The summed E-state index contributed by atoms with van der Waals surface area (Å²) < 4.78 is 0. The summed E-state index contributed by atoms with van der Waals surface area (Å²) in [6.45, 7) is 11.4. The highest BCUT2D eigenvalue weighted by Crippen LogP contribution is 2.13. The first-order chi connectivity index (χ1) is 6.83. The Morgan fingerprint density at radius 1 is 1.29 bits per heavy atom. The van der Waals surface area contributed by atoms with E-state index in [1.165, 1.54) is 0 Å². The molecule has 0 spiro atoms. The van der Waals surface area contributed by atoms with Gasteiger partial charge in [-0.25, -0.2) is 0 Å². The Bertz CT molecular complexity index is 240. The first-order valence-corrected chi connectivity index (χ1v) is 4.88. The van der Waals surface area contributed by atoms with Crippen LogP contribution in [0.3, 0.4) is 0 Å². The van der Waals surface area contributed by atoms with Crippen LogP contribution in [0.4, 0.5) is 0 Å². The molecule has 78 valence electrons. The van der Waals surface area contributed by atoms with Crippen LogP contribution in [0, 0.1) is 0 Å². The van der Waals surface area contributed by atoms with E-state index in [-0.39, 0.29) is 6.61 Å². The van der Waals surface area contributed by atoms with Gasteiger partial charge in [-0.1, -0.05) is 19.2 Å². The van der Waals surface area contributed by atoms with E-state index in [1.54, 1.807) is 12.2 Å². The zero-order valence-electron chi connectivity index (χ0n) is 8.50. The topological polar surface area (TPSA) is 35.5 Å². The van der Waals surface area contributed by atoms with Crippen LogP contribution in [0.2, 0.25) is 0 Å². The smallest absolute Gasteiger partial charge is 0.0701 e. The number of nitrogens with zero attached hydrogens (tertiary/aromatic N) is 1. The Morgan fingerprint density at radius 3 is 2.36 bits per heavy atom. The van der Waals surface area contributed by atoms with E-state index in [2.05, 4.69) is 23.4 Å². The van der Waals surface area contributed by atoms with Crippen LogP contribution in [-0.2, 0) is 0 Å². The number of piperazine rings is 1. The molecule has 2 N–H and O–H groups in total. The third-order valence-corrected chi connectivity index (χ3v) is 2.40. The molecule has 1 aliphatic rings. The van der Waals surface area contributed by atoms with Crippen molar-refractivity contribution >= 4 is 0 Å². The Hall–Kier alpha value is -1.06. The molecule has 0 saturated carbocycles. The predicted molar refractivity (Wildman–Crippen MR) is 58.9 cm³/mol. The van der Waals surface area contributed by atoms with Crippen molar-refractivity contribution in [1.82, 2.24) is 10.2 Å². The molecule has 0 bridgehead atoms. The van der Waals surface area contributed by atoms with Gasteiger partial charge in [0.05, 0.1) is 6.61 Å². The van der Waals surface area contributed by atoms with Crippen LogP contribution in [-0.4, -0.2) is 42.8 Å². The molecule has 1 fully saturated rings. The van der Waals surface area contributed by atoms with Crippen LogP contribution >= 0.6 is 0 Å². The third-order valence-electron chi connectivity index (χ3n) is 2.40. The average molecular weight is 194 g/mol. The van der Waals surface area contributed by atoms with Gasteiger partial charge in [0.2, 0.25) is 0 Å². The van der Waals surface area contributed by atoms with E-state index in [0.717, 1.165) is 37.4 Å². The Kier molecular flexibility index (Phi) is 4.43. The third kappa shape index (κ3) is 2.47. The normalized spacial score (nSPS) is 18.8. The monoisotopic (exact) mass is 194 g/mol. The molecule has 14 heavy (non-hydrogen) atoms. The van der Waals surface area contributed by atoms with Crippen LogP contribution in [0.1, 0.15) is 0 Å². The lowest BCUT2D eigenvalue weighted by Crippen LogP contribution is -2.42. The van der Waals surface area contributed by atoms with Gasteiger partial charge in [0.1, 0.15) is 0 Å². The van der Waals surface area contributed by atoms with Crippen LogP contribution in [0.15, 0.2) is 36.6 Å². The fourth-order valence-corrected chi connectivity index (χ4v) is 1.62. The quantitative estimate of drug-likeness (QED) is 0.640. The van der Waals surface area contributed by atoms with E-state index >= 15 is 0 Å². The number of hydrogen-bond acceptors (Lipinski definition) is 3. The van der Waals surface area contributed by atoms with Crippen LogP contribution in [0.25, 0.3) is 0 Å². The van der Waals surface area contributed by atoms with Crippen molar-refractivity contribution < 1.29 is 5.11 Å². The summed E-state index contributed by atoms with van der Waals surface area (Å²) in [7, 11) is 0. The molecule has 3 nitrogen and oxygen atoms in total. The largest absolute Gasteiger partial charge is 0.392 e. The predicted octanol–water partition coefficient (Wildman–Crippen LogP) is 0.510. The average Bonchev–Trinajstić information content (AvgIpc) is 2.27. The Balaban J connectivity index is 2.82. The van der Waals surface area contributed by atoms with Crippen molar-refractivity contribution in [2.45, 2.75) is 0 Å². The minimum absolute atomic E-state index is 0.0226. The van der Waals surface area contributed by atoms with E-state index in [0.29, 0.717) is 0 Å². The molecule has 0 amide bonds. The molecule has 1 saturated heterocycles. The summed E-state index contributed by atoms with van der Waals surface area (Å²) in [4.78, 5) is 2.22. The van der Waals surface area contributed by atoms with E-state index in [1.807, 2.05) is 0 Å². The summed E-state index contributed by atoms with van der Waals surface area (Å²) in [6, 6.07) is 0. The standard InChI is InChI=1S/C11H18N2O/c1-3-10(9-14)11(4-2)13-7-5-12-6-8-13/h3-4,12,14H,1-2,5-9H2/b11-10-. The van der Waals surface area contributed by atoms with E-state index < -0.39 is 0 Å². The van der Waals surface area contributed by atoms with Crippen LogP contribution in [0.5, 0.6) is 0 Å². The lowest BCUT2D eigenvalue weighted by atomic mass is 10.1. The van der Waals surface area contributed by atoms with Gasteiger partial charge in [0, 0.05) is 37.4 Å². The highest BCUT2D eigenvalue weighted by atomic mass is 16.3. The van der Waals surface area contributed by atoms with Crippen molar-refractivity contribution in [2.75, 3.05) is 32.8 Å². The number of nitrogens with one attached hydrogen (secondary N) is 1. The van der Waals surface area contributed by atoms with Gasteiger partial charge >= 0.3 is 0 Å². The summed E-state index contributed by atoms with van der Waals surface area (Å²) in [5.74, 6) is 0. The Morgan fingerprint density at radius 2 is 1.93 bits per heavy atom. The SMILES string of the molecule is C=C/C(CO)=C(\C=C)N1CCNCC1. The van der Waals surface area contributed by atoms with Crippen molar-refractivity contribution in [2.24, 2.45) is 0 Å². The van der Waals surface area contributed by atoms with Crippen molar-refractivity contribution in [3.8, 4) is 0 Å². The maximum Gasteiger partial charge on any atom is 0.0701 e. The van der Waals surface area contributed by atoms with Gasteiger partial charge in [0.25, 0.3) is 0 Å². The van der Waals surface area contributed by atoms with Gasteiger partial charge in [0.15, 0.2) is 0 Å². The lowest BCUT2D eigenvalue weighted by molar-refractivity contribution is 0.292. The Labute approximate surface area is 85.4 Å². The molecule has 0 aromatic heterocycles. The maximum atomic E-state index is 9.14. The zero-order chi connectivity index (χ0) is 10.4. The zero-order valence-corrected chi connectivity index (χ0v) is 8.50. The van der Waals surface area contributed by atoms with Crippen molar-refractivity contribution in [3.63, 3.8) is 0 Å². The lowest BCUT2D eigenvalue weighted by Gasteiger charge is -2.31. The molecular formula is C11H18N2O. The first kappa shape index (κ1) is 11.0. The fraction of sp³-hybridized carbons (Fsp3) is 0.455. The number of rotatable bonds is 4. The summed E-state index contributed by atoms with van der Waals surface area (Å²) in [5.41, 5.74) is 1.85. The molecule has 0 aromatic rings. The highest BCUT2D eigenvalue weighted by molar-refractivity contribution is 5.31. The van der Waals surface area contributed by atoms with Gasteiger partial charge in [-0.2, -0.15) is 0 Å². The summed E-state index contributed by atoms with van der Waals surface area (Å²) in [5, 5.41) is 12.4. The minimum atomic E-state index is 0.0226. The van der Waals surface area contributed by atoms with Gasteiger partial charge in [-0.3, -0.25) is 0 Å². The molecule has 0 unspecified atom stereocenters. The fourth-order valence-electron chi connectivity index (χ4n) is 1.62. The number of hydrogen-bond donors (Lipinski definition) is 2. The molecule has 1 heterocycles. The number of allylic oxidation sites excluding steroid dienone is 1. The highest BCUT2D eigenvalue weighted by Gasteiger charge is 2.12. The molecule has 1 rings (SSSR count). The maximum absolute atomic E-state index is 9.14. The molecule has 3 heteroatoms. The van der Waals surface area contributed by atoms with E-state index in [4.69, 9.17) is 5.11 Å².